The molecule has 8 nitrogen and oxygen atoms in total. The van der Waals surface area contributed by atoms with Crippen molar-refractivity contribution < 1.29 is 18.7 Å². The fourth-order valence-corrected chi connectivity index (χ4v) is 2.59. The van der Waals surface area contributed by atoms with Gasteiger partial charge in [0.25, 0.3) is 0 Å². The van der Waals surface area contributed by atoms with Gasteiger partial charge in [-0.2, -0.15) is 4.98 Å². The van der Waals surface area contributed by atoms with Gasteiger partial charge in [0.2, 0.25) is 11.7 Å². The summed E-state index contributed by atoms with van der Waals surface area (Å²) >= 11 is 5.32. The smallest absolute Gasteiger partial charge is 0.246 e. The molecule has 0 aliphatic carbocycles. The number of thiocarbonyl (C=S) groups is 1. The van der Waals surface area contributed by atoms with Crippen LogP contribution in [-0.2, 0) is 6.54 Å². The fraction of sp³-hybridized carbons (Fsp3) is 0.211. The molecule has 2 aromatic carbocycles. The van der Waals surface area contributed by atoms with Gasteiger partial charge in [-0.1, -0.05) is 5.16 Å². The van der Waals surface area contributed by atoms with Crippen LogP contribution in [0.2, 0.25) is 0 Å². The summed E-state index contributed by atoms with van der Waals surface area (Å²) in [5.74, 6) is 2.98. The Bertz CT molecular complexity index is 943. The van der Waals surface area contributed by atoms with Gasteiger partial charge in [0, 0.05) is 11.6 Å². The molecule has 1 heterocycles. The third kappa shape index (κ3) is 4.68. The molecular weight excluding hydrogens is 380 g/mol. The molecular formula is C19H20N4O4S. The molecule has 0 radical (unpaired) electrons. The standard InChI is InChI=1S/C19H20N4O4S/c1-24-13-6-4-12(5-7-13)18-22-17(27-23-18)11-20-19(28)21-15-9-8-14(25-2)10-16(15)26-3/h4-10H,11H2,1-3H3,(H2,20,21,28). The van der Waals surface area contributed by atoms with E-state index in [4.69, 9.17) is 31.0 Å². The Labute approximate surface area is 167 Å². The molecule has 0 saturated carbocycles. The highest BCUT2D eigenvalue weighted by Gasteiger charge is 2.11. The summed E-state index contributed by atoms with van der Waals surface area (Å²) in [6.07, 6.45) is 0. The second kappa shape index (κ2) is 9.05. The van der Waals surface area contributed by atoms with E-state index in [1.807, 2.05) is 36.4 Å². The monoisotopic (exact) mass is 400 g/mol. The number of methoxy groups -OCH3 is 3. The molecule has 0 fully saturated rings. The molecule has 0 amide bonds. The van der Waals surface area contributed by atoms with Crippen molar-refractivity contribution >= 4 is 23.0 Å². The summed E-state index contributed by atoms with van der Waals surface area (Å²) in [7, 11) is 4.79. The van der Waals surface area contributed by atoms with Gasteiger partial charge < -0.3 is 29.4 Å². The van der Waals surface area contributed by atoms with E-state index in [2.05, 4.69) is 20.8 Å². The van der Waals surface area contributed by atoms with E-state index < -0.39 is 0 Å². The minimum absolute atomic E-state index is 0.285. The second-order valence-corrected chi connectivity index (χ2v) is 6.02. The Morgan fingerprint density at radius 2 is 1.71 bits per heavy atom. The van der Waals surface area contributed by atoms with Crippen LogP contribution in [0.15, 0.2) is 47.0 Å². The van der Waals surface area contributed by atoms with Crippen molar-refractivity contribution in [3.05, 3.63) is 48.4 Å². The van der Waals surface area contributed by atoms with Crippen molar-refractivity contribution in [2.45, 2.75) is 6.54 Å². The van der Waals surface area contributed by atoms with Crippen molar-refractivity contribution in [1.29, 1.82) is 0 Å². The number of hydrogen-bond acceptors (Lipinski definition) is 7. The molecule has 28 heavy (non-hydrogen) atoms. The van der Waals surface area contributed by atoms with Gasteiger partial charge in [0.15, 0.2) is 5.11 Å². The first-order chi connectivity index (χ1) is 13.6. The molecule has 2 N–H and O–H groups in total. The number of rotatable bonds is 7. The van der Waals surface area contributed by atoms with E-state index in [0.717, 1.165) is 11.3 Å². The maximum absolute atomic E-state index is 5.34. The molecule has 0 atom stereocenters. The van der Waals surface area contributed by atoms with Gasteiger partial charge in [-0.3, -0.25) is 0 Å². The van der Waals surface area contributed by atoms with Gasteiger partial charge >= 0.3 is 0 Å². The molecule has 0 unspecified atom stereocenters. The van der Waals surface area contributed by atoms with Crippen LogP contribution in [0.4, 0.5) is 5.69 Å². The van der Waals surface area contributed by atoms with Crippen molar-refractivity contribution in [2.24, 2.45) is 0 Å². The maximum atomic E-state index is 5.34. The van der Waals surface area contributed by atoms with Crippen molar-refractivity contribution in [2.75, 3.05) is 26.6 Å². The Morgan fingerprint density at radius 3 is 2.39 bits per heavy atom. The van der Waals surface area contributed by atoms with Gasteiger partial charge in [-0.25, -0.2) is 0 Å². The van der Waals surface area contributed by atoms with E-state index in [1.54, 1.807) is 27.4 Å². The molecule has 0 bridgehead atoms. The minimum Gasteiger partial charge on any atom is -0.497 e. The van der Waals surface area contributed by atoms with Gasteiger partial charge in [-0.05, 0) is 48.6 Å². The van der Waals surface area contributed by atoms with Crippen LogP contribution in [0, 0.1) is 0 Å². The van der Waals surface area contributed by atoms with E-state index in [1.165, 1.54) is 0 Å². The summed E-state index contributed by atoms with van der Waals surface area (Å²) in [5.41, 5.74) is 1.55. The Morgan fingerprint density at radius 1 is 1.00 bits per heavy atom. The van der Waals surface area contributed by atoms with Crippen molar-refractivity contribution in [3.63, 3.8) is 0 Å². The van der Waals surface area contributed by atoms with Crippen molar-refractivity contribution in [1.82, 2.24) is 15.5 Å². The number of aromatic nitrogens is 2. The predicted octanol–water partition coefficient (Wildman–Crippen LogP) is 3.25. The Hall–Kier alpha value is -3.33. The quantitative estimate of drug-likeness (QED) is 0.580. The average molecular weight is 400 g/mol. The number of nitrogens with zero attached hydrogens (tertiary/aromatic N) is 2. The van der Waals surface area contributed by atoms with Crippen LogP contribution in [-0.4, -0.2) is 36.6 Å². The molecule has 0 spiro atoms. The highest BCUT2D eigenvalue weighted by Crippen LogP contribution is 2.29. The molecule has 0 saturated heterocycles. The number of nitrogens with one attached hydrogen (secondary N) is 2. The topological polar surface area (TPSA) is 90.7 Å². The second-order valence-electron chi connectivity index (χ2n) is 5.61. The summed E-state index contributed by atoms with van der Waals surface area (Å²) in [6, 6.07) is 12.8. The first-order valence-corrected chi connectivity index (χ1v) is 8.77. The van der Waals surface area contributed by atoms with Crippen LogP contribution in [0.1, 0.15) is 5.89 Å². The Balaban J connectivity index is 1.58. The zero-order valence-electron chi connectivity index (χ0n) is 15.7. The van der Waals surface area contributed by atoms with E-state index in [-0.39, 0.29) is 6.54 Å². The number of hydrogen-bond donors (Lipinski definition) is 2. The summed E-state index contributed by atoms with van der Waals surface area (Å²) in [6.45, 7) is 0.285. The number of benzene rings is 2. The normalized spacial score (nSPS) is 10.2. The summed E-state index contributed by atoms with van der Waals surface area (Å²) in [5, 5.41) is 10.5. The lowest BCUT2D eigenvalue weighted by molar-refractivity contribution is 0.376. The van der Waals surface area contributed by atoms with Crippen molar-refractivity contribution in [3.8, 4) is 28.6 Å². The lowest BCUT2D eigenvalue weighted by Gasteiger charge is -2.13. The Kier molecular flexibility index (Phi) is 6.28. The first kappa shape index (κ1) is 19.4. The lowest BCUT2D eigenvalue weighted by atomic mass is 10.2. The third-order valence-electron chi connectivity index (χ3n) is 3.87. The first-order valence-electron chi connectivity index (χ1n) is 8.37. The van der Waals surface area contributed by atoms with E-state index in [0.29, 0.717) is 34.0 Å². The third-order valence-corrected chi connectivity index (χ3v) is 4.12. The summed E-state index contributed by atoms with van der Waals surface area (Å²) in [4.78, 5) is 4.36. The summed E-state index contributed by atoms with van der Waals surface area (Å²) < 4.78 is 20.9. The SMILES string of the molecule is COc1ccc(-c2noc(CNC(=S)Nc3ccc(OC)cc3OC)n2)cc1. The largest absolute Gasteiger partial charge is 0.497 e. The molecule has 3 aromatic rings. The number of anilines is 1. The van der Waals surface area contributed by atoms with E-state index >= 15 is 0 Å². The highest BCUT2D eigenvalue weighted by molar-refractivity contribution is 7.80. The highest BCUT2D eigenvalue weighted by atomic mass is 32.1. The molecule has 146 valence electrons. The molecule has 0 aliphatic heterocycles. The molecule has 3 rings (SSSR count). The van der Waals surface area contributed by atoms with Crippen LogP contribution in [0.3, 0.4) is 0 Å². The lowest BCUT2D eigenvalue weighted by Crippen LogP contribution is -2.28. The van der Waals surface area contributed by atoms with Gasteiger partial charge in [0.05, 0.1) is 33.6 Å². The van der Waals surface area contributed by atoms with Crippen LogP contribution >= 0.6 is 12.2 Å². The zero-order valence-corrected chi connectivity index (χ0v) is 16.5. The zero-order chi connectivity index (χ0) is 19.9. The molecule has 0 aliphatic rings. The van der Waals surface area contributed by atoms with E-state index in [9.17, 15) is 0 Å². The molecule has 9 heteroatoms. The maximum Gasteiger partial charge on any atom is 0.246 e. The van der Waals surface area contributed by atoms with Gasteiger partial charge in [-0.15, -0.1) is 0 Å². The number of ether oxygens (including phenoxy) is 3. The van der Waals surface area contributed by atoms with Crippen LogP contribution in [0.5, 0.6) is 17.2 Å². The predicted molar refractivity (Wildman–Crippen MR) is 109 cm³/mol. The average Bonchev–Trinajstić information content (AvgIpc) is 3.21. The fourth-order valence-electron chi connectivity index (χ4n) is 2.41. The van der Waals surface area contributed by atoms with Crippen LogP contribution in [0.25, 0.3) is 11.4 Å². The van der Waals surface area contributed by atoms with Crippen LogP contribution < -0.4 is 24.8 Å². The minimum atomic E-state index is 0.285. The molecule has 1 aromatic heterocycles. The van der Waals surface area contributed by atoms with Gasteiger partial charge in [0.1, 0.15) is 17.2 Å².